The summed E-state index contributed by atoms with van der Waals surface area (Å²) < 4.78 is 13.6. The van der Waals surface area contributed by atoms with Crippen LogP contribution in [0.25, 0.3) is 11.1 Å². The molecular weight excluding hydrogens is 315 g/mol. The first-order valence-corrected chi connectivity index (χ1v) is 8.23. The van der Waals surface area contributed by atoms with Crippen LogP contribution < -0.4 is 9.80 Å². The third-order valence-corrected chi connectivity index (χ3v) is 4.52. The molecule has 25 heavy (non-hydrogen) atoms. The third kappa shape index (κ3) is 2.93. The SMILES string of the molecule is Cc1cc(-c2cnc3c(c2)N(Cc2cccnc2)CN3C)ccc1F. The molecule has 0 radical (unpaired) electrons. The molecule has 2 aromatic heterocycles. The molecule has 0 saturated carbocycles. The van der Waals surface area contributed by atoms with Crippen molar-refractivity contribution >= 4 is 11.5 Å². The van der Waals surface area contributed by atoms with Crippen LogP contribution in [0.15, 0.2) is 55.0 Å². The second kappa shape index (κ2) is 6.16. The van der Waals surface area contributed by atoms with Crippen molar-refractivity contribution in [3.8, 4) is 11.1 Å². The van der Waals surface area contributed by atoms with E-state index in [2.05, 4.69) is 31.9 Å². The van der Waals surface area contributed by atoms with Gasteiger partial charge in [0.05, 0.1) is 12.4 Å². The van der Waals surface area contributed by atoms with Gasteiger partial charge in [-0.25, -0.2) is 9.37 Å². The lowest BCUT2D eigenvalue weighted by molar-refractivity contribution is 0.619. The van der Waals surface area contributed by atoms with Crippen LogP contribution in [0.4, 0.5) is 15.9 Å². The number of fused-ring (bicyclic) bond motifs is 1. The zero-order valence-electron chi connectivity index (χ0n) is 14.3. The van der Waals surface area contributed by atoms with E-state index in [9.17, 15) is 4.39 Å². The fourth-order valence-corrected chi connectivity index (χ4v) is 3.20. The smallest absolute Gasteiger partial charge is 0.153 e. The number of rotatable bonds is 3. The van der Waals surface area contributed by atoms with Crippen LogP contribution in [0.2, 0.25) is 0 Å². The molecule has 0 bridgehead atoms. The number of nitrogens with zero attached hydrogens (tertiary/aromatic N) is 4. The largest absolute Gasteiger partial charge is 0.346 e. The van der Waals surface area contributed by atoms with Gasteiger partial charge in [0.2, 0.25) is 0 Å². The maximum atomic E-state index is 13.6. The summed E-state index contributed by atoms with van der Waals surface area (Å²) in [6.07, 6.45) is 5.53. The molecule has 0 spiro atoms. The van der Waals surface area contributed by atoms with Gasteiger partial charge < -0.3 is 9.80 Å². The first-order valence-electron chi connectivity index (χ1n) is 8.23. The summed E-state index contributed by atoms with van der Waals surface area (Å²) in [6.45, 7) is 3.34. The molecule has 0 N–H and O–H groups in total. The first-order chi connectivity index (χ1) is 12.1. The fourth-order valence-electron chi connectivity index (χ4n) is 3.20. The molecule has 0 unspecified atom stereocenters. The molecule has 4 nitrogen and oxygen atoms in total. The normalized spacial score (nSPS) is 13.2. The maximum Gasteiger partial charge on any atom is 0.153 e. The molecule has 1 aliphatic rings. The van der Waals surface area contributed by atoms with Crippen molar-refractivity contribution in [1.29, 1.82) is 0 Å². The van der Waals surface area contributed by atoms with Gasteiger partial charge in [-0.1, -0.05) is 12.1 Å². The Morgan fingerprint density at radius 2 is 2.00 bits per heavy atom. The molecule has 0 atom stereocenters. The highest BCUT2D eigenvalue weighted by Gasteiger charge is 2.25. The second-order valence-electron chi connectivity index (χ2n) is 6.43. The lowest BCUT2D eigenvalue weighted by Crippen LogP contribution is -2.27. The van der Waals surface area contributed by atoms with E-state index in [0.717, 1.165) is 41.4 Å². The molecular formula is C20H19FN4. The van der Waals surface area contributed by atoms with Gasteiger partial charge >= 0.3 is 0 Å². The predicted octanol–water partition coefficient (Wildman–Crippen LogP) is 4.01. The Morgan fingerprint density at radius 3 is 2.76 bits per heavy atom. The number of hydrogen-bond donors (Lipinski definition) is 0. The van der Waals surface area contributed by atoms with Gasteiger partial charge in [0, 0.05) is 37.7 Å². The summed E-state index contributed by atoms with van der Waals surface area (Å²) in [7, 11) is 2.04. The maximum absolute atomic E-state index is 13.6. The van der Waals surface area contributed by atoms with E-state index in [4.69, 9.17) is 0 Å². The zero-order valence-corrected chi connectivity index (χ0v) is 14.3. The summed E-state index contributed by atoms with van der Waals surface area (Å²) >= 11 is 0. The standard InChI is InChI=1S/C20H19FN4/c1-14-8-16(5-6-18(14)21)17-9-19-20(23-11-17)24(2)13-25(19)12-15-4-3-7-22-10-15/h3-11H,12-13H2,1-2H3. The van der Waals surface area contributed by atoms with Crippen LogP contribution in [0.1, 0.15) is 11.1 Å². The fraction of sp³-hybridized carbons (Fsp3) is 0.200. The number of benzene rings is 1. The number of hydrogen-bond acceptors (Lipinski definition) is 4. The summed E-state index contributed by atoms with van der Waals surface area (Å²) in [5, 5.41) is 0. The summed E-state index contributed by atoms with van der Waals surface area (Å²) in [5.74, 6) is 0.780. The Balaban J connectivity index is 1.70. The Kier molecular flexibility index (Phi) is 3.84. The van der Waals surface area contributed by atoms with Crippen LogP contribution >= 0.6 is 0 Å². The summed E-state index contributed by atoms with van der Waals surface area (Å²) in [4.78, 5) is 13.2. The van der Waals surface area contributed by atoms with E-state index < -0.39 is 0 Å². The average molecular weight is 334 g/mol. The lowest BCUT2D eigenvalue weighted by atomic mass is 10.0. The Bertz CT molecular complexity index is 911. The highest BCUT2D eigenvalue weighted by Crippen LogP contribution is 2.37. The number of pyridine rings is 2. The van der Waals surface area contributed by atoms with Gasteiger partial charge in [-0.3, -0.25) is 4.98 Å². The highest BCUT2D eigenvalue weighted by atomic mass is 19.1. The molecule has 3 heterocycles. The summed E-state index contributed by atoms with van der Waals surface area (Å²) in [6, 6.07) is 11.3. The summed E-state index contributed by atoms with van der Waals surface area (Å²) in [5.41, 5.74) is 4.86. The monoisotopic (exact) mass is 334 g/mol. The van der Waals surface area contributed by atoms with E-state index in [1.165, 1.54) is 6.07 Å². The van der Waals surface area contributed by atoms with Gasteiger partial charge in [-0.2, -0.15) is 0 Å². The van der Waals surface area contributed by atoms with Crippen LogP contribution in [-0.2, 0) is 6.54 Å². The second-order valence-corrected chi connectivity index (χ2v) is 6.43. The van der Waals surface area contributed by atoms with E-state index in [-0.39, 0.29) is 5.82 Å². The Hall–Kier alpha value is -2.95. The van der Waals surface area contributed by atoms with Gasteiger partial charge in [0.1, 0.15) is 5.82 Å². The molecule has 4 rings (SSSR count). The molecule has 0 aliphatic carbocycles. The van der Waals surface area contributed by atoms with Crippen LogP contribution in [0.5, 0.6) is 0 Å². The minimum absolute atomic E-state index is 0.184. The van der Waals surface area contributed by atoms with Gasteiger partial charge in [0.25, 0.3) is 0 Å². The third-order valence-electron chi connectivity index (χ3n) is 4.52. The van der Waals surface area contributed by atoms with Crippen molar-refractivity contribution in [2.24, 2.45) is 0 Å². The van der Waals surface area contributed by atoms with Crippen LogP contribution in [-0.4, -0.2) is 23.7 Å². The van der Waals surface area contributed by atoms with Crippen molar-refractivity contribution in [3.63, 3.8) is 0 Å². The minimum atomic E-state index is -0.184. The van der Waals surface area contributed by atoms with Gasteiger partial charge in [-0.15, -0.1) is 0 Å². The van der Waals surface area contributed by atoms with Crippen molar-refractivity contribution in [2.75, 3.05) is 23.5 Å². The Morgan fingerprint density at radius 1 is 1.12 bits per heavy atom. The van der Waals surface area contributed by atoms with E-state index in [0.29, 0.717) is 5.56 Å². The molecule has 0 fully saturated rings. The number of aromatic nitrogens is 2. The first kappa shape index (κ1) is 15.6. The topological polar surface area (TPSA) is 32.3 Å². The van der Waals surface area contributed by atoms with E-state index in [1.807, 2.05) is 31.6 Å². The predicted molar refractivity (Wildman–Crippen MR) is 98.1 cm³/mol. The Labute approximate surface area is 146 Å². The van der Waals surface area contributed by atoms with Crippen molar-refractivity contribution in [3.05, 3.63) is 71.9 Å². The van der Waals surface area contributed by atoms with Crippen LogP contribution in [0, 0.1) is 12.7 Å². The quantitative estimate of drug-likeness (QED) is 0.724. The molecule has 0 amide bonds. The lowest BCUT2D eigenvalue weighted by Gasteiger charge is -2.19. The number of anilines is 2. The van der Waals surface area contributed by atoms with E-state index in [1.54, 1.807) is 19.2 Å². The molecule has 0 saturated heterocycles. The van der Waals surface area contributed by atoms with Crippen LogP contribution in [0.3, 0.4) is 0 Å². The molecule has 3 aromatic rings. The number of halogens is 1. The molecule has 1 aromatic carbocycles. The number of aryl methyl sites for hydroxylation is 1. The minimum Gasteiger partial charge on any atom is -0.346 e. The van der Waals surface area contributed by atoms with Gasteiger partial charge in [0.15, 0.2) is 5.82 Å². The highest BCUT2D eigenvalue weighted by molar-refractivity contribution is 5.78. The molecule has 5 heteroatoms. The van der Waals surface area contributed by atoms with E-state index >= 15 is 0 Å². The molecule has 1 aliphatic heterocycles. The molecule has 126 valence electrons. The van der Waals surface area contributed by atoms with Crippen molar-refractivity contribution in [2.45, 2.75) is 13.5 Å². The van der Waals surface area contributed by atoms with Crippen molar-refractivity contribution in [1.82, 2.24) is 9.97 Å². The zero-order chi connectivity index (χ0) is 17.4. The van der Waals surface area contributed by atoms with Crippen molar-refractivity contribution < 1.29 is 4.39 Å². The van der Waals surface area contributed by atoms with Gasteiger partial charge in [-0.05, 0) is 47.9 Å². The average Bonchev–Trinajstić information content (AvgIpc) is 2.93.